The van der Waals surface area contributed by atoms with Crippen molar-refractivity contribution in [3.63, 3.8) is 0 Å². The molecule has 0 saturated heterocycles. The summed E-state index contributed by atoms with van der Waals surface area (Å²) in [5, 5.41) is 6.09. The Balaban J connectivity index is 0.00000529. The number of allylic oxidation sites excluding steroid dienone is 4. The molecular formula is C42H57Cl3SiTi. The average Bonchev–Trinajstić information content (AvgIpc) is 3.38. The smallest absolute Gasteiger partial charge is 1.00 e. The molecule has 0 saturated carbocycles. The van der Waals surface area contributed by atoms with Gasteiger partial charge in [-0.05, 0) is 84.4 Å². The van der Waals surface area contributed by atoms with Gasteiger partial charge in [0.1, 0.15) is 0 Å². The van der Waals surface area contributed by atoms with E-state index in [2.05, 4.69) is 157 Å². The standard InChI is InChI=1S/C42H57Si.3ClH.Ti/c1-26(2)33-17-34(27(3)4)21-40(20-33)43(39-15-14-32(13)16-39,41-22-35(28(5)6)18-36(23-41)29(7)8)42-24-37(30(9)10)19-38(25-42)31(11)12;;;;/h14,17-31H,15H2,1-13H3;3*1H;/q-1;;;;+4/p-3. The van der Waals surface area contributed by atoms with Crippen molar-refractivity contribution in [1.29, 1.82) is 0 Å². The van der Waals surface area contributed by atoms with Gasteiger partial charge in [-0.3, -0.25) is 6.08 Å². The van der Waals surface area contributed by atoms with E-state index in [1.807, 2.05) is 0 Å². The van der Waals surface area contributed by atoms with Crippen LogP contribution in [0.3, 0.4) is 0 Å². The van der Waals surface area contributed by atoms with E-state index in [1.165, 1.54) is 59.7 Å². The molecule has 3 aromatic rings. The van der Waals surface area contributed by atoms with Crippen molar-refractivity contribution in [2.45, 2.75) is 132 Å². The quantitative estimate of drug-likeness (QED) is 0.168. The Labute approximate surface area is 323 Å². The van der Waals surface area contributed by atoms with Crippen molar-refractivity contribution in [3.8, 4) is 0 Å². The van der Waals surface area contributed by atoms with Gasteiger partial charge in [-0.2, -0.15) is 5.20 Å². The van der Waals surface area contributed by atoms with E-state index in [1.54, 1.807) is 0 Å². The molecule has 1 aliphatic rings. The Morgan fingerprint density at radius 1 is 0.447 bits per heavy atom. The molecule has 0 aliphatic heterocycles. The van der Waals surface area contributed by atoms with Crippen molar-refractivity contribution in [2.75, 3.05) is 0 Å². The molecule has 254 valence electrons. The Kier molecular flexibility index (Phi) is 18.4. The first-order valence-electron chi connectivity index (χ1n) is 16.9. The molecule has 3 aromatic carbocycles. The second-order valence-corrected chi connectivity index (χ2v) is 18.9. The van der Waals surface area contributed by atoms with Crippen molar-refractivity contribution in [1.82, 2.24) is 0 Å². The number of hydrogen-bond donors (Lipinski definition) is 0. The van der Waals surface area contributed by atoms with Gasteiger partial charge in [0.05, 0.1) is 0 Å². The minimum absolute atomic E-state index is 0. The van der Waals surface area contributed by atoms with Crippen LogP contribution in [0.4, 0.5) is 0 Å². The van der Waals surface area contributed by atoms with Crippen LogP contribution in [0.1, 0.15) is 165 Å². The van der Waals surface area contributed by atoms with Gasteiger partial charge in [0.15, 0.2) is 8.07 Å². The van der Waals surface area contributed by atoms with Gasteiger partial charge in [-0.1, -0.05) is 151 Å². The van der Waals surface area contributed by atoms with Crippen LogP contribution in [0.15, 0.2) is 71.4 Å². The molecule has 47 heavy (non-hydrogen) atoms. The molecule has 0 amide bonds. The molecule has 0 bridgehead atoms. The number of rotatable bonds is 10. The first-order chi connectivity index (χ1) is 20.1. The molecule has 0 nitrogen and oxygen atoms in total. The third-order valence-electron chi connectivity index (χ3n) is 9.65. The van der Waals surface area contributed by atoms with Gasteiger partial charge >= 0.3 is 21.7 Å². The molecule has 0 aromatic heterocycles. The fraction of sp³-hybridized carbons (Fsp3) is 0.476. The SMILES string of the molecule is CC1=CCC([Si](c2cc(C(C)C)cc(C(C)C)c2)(c2cc(C(C)C)cc(C(C)C)c2)c2cc(C(C)C)cc(C(C)C)c2)=[C-]1.[Cl-].[Cl-].[Cl-].[Ti+4]. The van der Waals surface area contributed by atoms with Crippen LogP contribution in [0.25, 0.3) is 0 Å². The van der Waals surface area contributed by atoms with E-state index in [-0.39, 0.29) is 58.9 Å². The van der Waals surface area contributed by atoms with Gasteiger partial charge in [-0.15, -0.1) is 0 Å². The summed E-state index contributed by atoms with van der Waals surface area (Å²) in [7, 11) is -2.74. The van der Waals surface area contributed by atoms with Crippen LogP contribution in [-0.4, -0.2) is 8.07 Å². The second kappa shape index (κ2) is 18.8. The second-order valence-electron chi connectivity index (χ2n) is 15.0. The average molecular weight is 744 g/mol. The number of hydrogen-bond acceptors (Lipinski definition) is 0. The molecule has 0 atom stereocenters. The molecule has 0 radical (unpaired) electrons. The summed E-state index contributed by atoms with van der Waals surface area (Å²) < 4.78 is 0. The minimum Gasteiger partial charge on any atom is -1.00 e. The zero-order valence-electron chi connectivity index (χ0n) is 31.1. The van der Waals surface area contributed by atoms with Gasteiger partial charge in [0.25, 0.3) is 0 Å². The van der Waals surface area contributed by atoms with Crippen LogP contribution in [-0.2, 0) is 21.7 Å². The van der Waals surface area contributed by atoms with Crippen LogP contribution in [0.2, 0.25) is 0 Å². The Morgan fingerprint density at radius 2 is 0.681 bits per heavy atom. The maximum Gasteiger partial charge on any atom is 4.00 e. The minimum atomic E-state index is -2.74. The normalized spacial score (nSPS) is 13.0. The molecule has 1 aliphatic carbocycles. The van der Waals surface area contributed by atoms with Gasteiger partial charge in [0.2, 0.25) is 0 Å². The van der Waals surface area contributed by atoms with E-state index in [0.29, 0.717) is 35.5 Å². The summed E-state index contributed by atoms with van der Waals surface area (Å²) in [6.07, 6.45) is 7.42. The van der Waals surface area contributed by atoms with Crippen molar-refractivity contribution in [2.24, 2.45) is 0 Å². The Hall–Kier alpha value is -1.06. The molecule has 0 unspecified atom stereocenters. The monoisotopic (exact) mass is 742 g/mol. The molecule has 0 N–H and O–H groups in total. The molecular weight excluding hydrogens is 687 g/mol. The summed E-state index contributed by atoms with van der Waals surface area (Å²) in [5.41, 5.74) is 10.0. The van der Waals surface area contributed by atoms with E-state index >= 15 is 0 Å². The maximum absolute atomic E-state index is 4.02. The van der Waals surface area contributed by atoms with E-state index in [4.69, 9.17) is 0 Å². The Bertz CT molecular complexity index is 1300. The van der Waals surface area contributed by atoms with Crippen LogP contribution >= 0.6 is 0 Å². The molecule has 0 heterocycles. The summed E-state index contributed by atoms with van der Waals surface area (Å²) in [5.74, 6) is 2.79. The first-order valence-corrected chi connectivity index (χ1v) is 18.9. The zero-order chi connectivity index (χ0) is 31.8. The summed E-state index contributed by atoms with van der Waals surface area (Å²) in [6.45, 7) is 30.5. The first kappa shape index (κ1) is 45.9. The molecule has 4 rings (SSSR count). The van der Waals surface area contributed by atoms with Gasteiger partial charge in [-0.25, -0.2) is 11.6 Å². The fourth-order valence-corrected chi connectivity index (χ4v) is 11.7. The van der Waals surface area contributed by atoms with Crippen molar-refractivity contribution >= 4 is 23.6 Å². The summed E-state index contributed by atoms with van der Waals surface area (Å²) in [6, 6.07) is 23.0. The number of benzene rings is 3. The van der Waals surface area contributed by atoms with Crippen molar-refractivity contribution in [3.05, 3.63) is 111 Å². The predicted molar refractivity (Wildman–Crippen MR) is 194 cm³/mol. The van der Waals surface area contributed by atoms with Gasteiger partial charge in [0, 0.05) is 0 Å². The summed E-state index contributed by atoms with van der Waals surface area (Å²) >= 11 is 0. The van der Waals surface area contributed by atoms with E-state index in [9.17, 15) is 0 Å². The topological polar surface area (TPSA) is 0 Å². The molecule has 5 heteroatoms. The third kappa shape index (κ3) is 9.80. The van der Waals surface area contributed by atoms with Crippen LogP contribution < -0.4 is 52.8 Å². The number of halogens is 3. The molecule has 0 fully saturated rings. The third-order valence-corrected chi connectivity index (χ3v) is 14.3. The van der Waals surface area contributed by atoms with Crippen molar-refractivity contribution < 1.29 is 58.9 Å². The molecule has 0 spiro atoms. The van der Waals surface area contributed by atoms with E-state index in [0.717, 1.165) is 6.42 Å². The summed E-state index contributed by atoms with van der Waals surface area (Å²) in [4.78, 5) is 0. The van der Waals surface area contributed by atoms with E-state index < -0.39 is 8.07 Å². The zero-order valence-corrected chi connectivity index (χ0v) is 35.9. The maximum atomic E-state index is 4.02. The fourth-order valence-electron chi connectivity index (χ4n) is 6.54. The largest absolute Gasteiger partial charge is 4.00 e. The van der Waals surface area contributed by atoms with Gasteiger partial charge < -0.3 is 37.2 Å². The van der Waals surface area contributed by atoms with Crippen LogP contribution in [0.5, 0.6) is 0 Å². The Morgan fingerprint density at radius 3 is 0.851 bits per heavy atom. The van der Waals surface area contributed by atoms with Crippen LogP contribution in [0, 0.1) is 6.08 Å². The predicted octanol–water partition coefficient (Wildman–Crippen LogP) is 1.53.